The molecule has 0 spiro atoms. The summed E-state index contributed by atoms with van der Waals surface area (Å²) in [4.78, 5) is 22.3. The van der Waals surface area contributed by atoms with Gasteiger partial charge in [-0.1, -0.05) is 35.9 Å². The number of carbonyl (C=O) groups excluding carboxylic acids is 1. The van der Waals surface area contributed by atoms with E-state index < -0.39 is 0 Å². The van der Waals surface area contributed by atoms with Crippen molar-refractivity contribution in [3.05, 3.63) is 88.1 Å². The molecule has 31 heavy (non-hydrogen) atoms. The number of nitrogens with one attached hydrogen (secondary N) is 1. The van der Waals surface area contributed by atoms with Crippen molar-refractivity contribution in [1.29, 1.82) is 0 Å². The van der Waals surface area contributed by atoms with Gasteiger partial charge in [0.05, 0.1) is 10.7 Å². The number of nitrogens with zero attached hydrogens (tertiary/aromatic N) is 5. The first-order valence-electron chi connectivity index (χ1n) is 10.3. The number of amides is 1. The molecular formula is C23H23ClN6O. The zero-order chi connectivity index (χ0) is 21.4. The van der Waals surface area contributed by atoms with Crippen LogP contribution in [0.1, 0.15) is 33.0 Å². The van der Waals surface area contributed by atoms with E-state index in [9.17, 15) is 4.79 Å². The third kappa shape index (κ3) is 3.94. The Morgan fingerprint density at radius 2 is 2.00 bits per heavy atom. The Hall–Kier alpha value is -3.16. The number of aromatic amines is 1. The van der Waals surface area contributed by atoms with E-state index in [2.05, 4.69) is 33.3 Å². The van der Waals surface area contributed by atoms with Crippen LogP contribution in [0, 0.1) is 0 Å². The van der Waals surface area contributed by atoms with E-state index in [1.165, 1.54) is 11.1 Å². The van der Waals surface area contributed by atoms with Crippen molar-refractivity contribution in [1.82, 2.24) is 29.4 Å². The molecule has 0 radical (unpaired) electrons. The lowest BCUT2D eigenvalue weighted by Crippen LogP contribution is -2.37. The highest BCUT2D eigenvalue weighted by Crippen LogP contribution is 2.24. The average Bonchev–Trinajstić information content (AvgIpc) is 3.41. The summed E-state index contributed by atoms with van der Waals surface area (Å²) in [7, 11) is 2.01. The molecule has 0 fully saturated rings. The van der Waals surface area contributed by atoms with Crippen molar-refractivity contribution < 1.29 is 4.79 Å². The molecule has 5 rings (SSSR count). The predicted molar refractivity (Wildman–Crippen MR) is 119 cm³/mol. The van der Waals surface area contributed by atoms with Crippen LogP contribution in [0.4, 0.5) is 0 Å². The van der Waals surface area contributed by atoms with Gasteiger partial charge < -0.3 is 9.30 Å². The lowest BCUT2D eigenvalue weighted by molar-refractivity contribution is 0.0727. The summed E-state index contributed by atoms with van der Waals surface area (Å²) >= 11 is 6.27. The van der Waals surface area contributed by atoms with Gasteiger partial charge in [0.1, 0.15) is 5.65 Å². The lowest BCUT2D eigenvalue weighted by atomic mass is 9.99. The monoisotopic (exact) mass is 434 g/mol. The van der Waals surface area contributed by atoms with Crippen LogP contribution in [0.3, 0.4) is 0 Å². The number of imidazole rings is 1. The molecule has 7 nitrogen and oxygen atoms in total. The van der Waals surface area contributed by atoms with E-state index in [1.807, 2.05) is 40.7 Å². The van der Waals surface area contributed by atoms with E-state index in [0.29, 0.717) is 36.9 Å². The third-order valence-electron chi connectivity index (χ3n) is 5.72. The fourth-order valence-electron chi connectivity index (χ4n) is 4.18. The second-order valence-electron chi connectivity index (χ2n) is 7.98. The Morgan fingerprint density at radius 1 is 1.16 bits per heavy atom. The van der Waals surface area contributed by atoms with E-state index in [4.69, 9.17) is 16.6 Å². The highest BCUT2D eigenvalue weighted by Gasteiger charge is 2.27. The number of benzene rings is 1. The van der Waals surface area contributed by atoms with E-state index in [1.54, 1.807) is 12.3 Å². The molecule has 0 bridgehead atoms. The first-order chi connectivity index (χ1) is 15.1. The summed E-state index contributed by atoms with van der Waals surface area (Å²) in [5, 5.41) is 7.60. The molecule has 3 aromatic heterocycles. The summed E-state index contributed by atoms with van der Waals surface area (Å²) < 4.78 is 1.93. The Morgan fingerprint density at radius 3 is 2.81 bits per heavy atom. The van der Waals surface area contributed by atoms with E-state index in [0.717, 1.165) is 23.5 Å². The summed E-state index contributed by atoms with van der Waals surface area (Å²) in [5.74, 6) is -0.0423. The molecule has 8 heteroatoms. The normalized spacial score (nSPS) is 13.7. The first-order valence-corrected chi connectivity index (χ1v) is 10.7. The maximum atomic E-state index is 13.6. The molecule has 1 aliphatic heterocycles. The zero-order valence-electron chi connectivity index (χ0n) is 17.3. The van der Waals surface area contributed by atoms with Crippen LogP contribution in [0.5, 0.6) is 0 Å². The third-order valence-corrected chi connectivity index (χ3v) is 5.94. The Bertz CT molecular complexity index is 1230. The molecule has 0 aliphatic carbocycles. The van der Waals surface area contributed by atoms with Crippen LogP contribution in [0.15, 0.2) is 54.9 Å². The van der Waals surface area contributed by atoms with Crippen LogP contribution in [-0.2, 0) is 26.1 Å². The number of hydrogen-bond donors (Lipinski definition) is 1. The predicted octanol–water partition coefficient (Wildman–Crippen LogP) is 3.54. The molecular weight excluding hydrogens is 412 g/mol. The van der Waals surface area contributed by atoms with Crippen molar-refractivity contribution in [2.24, 2.45) is 0 Å². The highest BCUT2D eigenvalue weighted by molar-refractivity contribution is 6.30. The van der Waals surface area contributed by atoms with Crippen LogP contribution in [0.2, 0.25) is 5.02 Å². The summed E-state index contributed by atoms with van der Waals surface area (Å²) in [6.07, 6.45) is 4.42. The van der Waals surface area contributed by atoms with E-state index in [-0.39, 0.29) is 5.91 Å². The van der Waals surface area contributed by atoms with Crippen molar-refractivity contribution >= 4 is 23.2 Å². The van der Waals surface area contributed by atoms with Crippen molar-refractivity contribution in [2.75, 3.05) is 13.6 Å². The van der Waals surface area contributed by atoms with Gasteiger partial charge in [-0.3, -0.25) is 14.8 Å². The van der Waals surface area contributed by atoms with Crippen LogP contribution >= 0.6 is 11.6 Å². The van der Waals surface area contributed by atoms with Gasteiger partial charge in [-0.2, -0.15) is 5.10 Å². The number of hydrogen-bond acceptors (Lipinski definition) is 4. The molecule has 4 heterocycles. The van der Waals surface area contributed by atoms with Gasteiger partial charge >= 0.3 is 0 Å². The SMILES string of the molecule is CN(Cc1ccn[nH]1)Cc1c(C(=O)N2CCc3ccccc3C2)nc2ccc(Cl)cn12. The fourth-order valence-corrected chi connectivity index (χ4v) is 4.34. The van der Waals surface area contributed by atoms with Crippen LogP contribution in [-0.4, -0.2) is 48.9 Å². The van der Waals surface area contributed by atoms with Gasteiger partial charge in [-0.15, -0.1) is 0 Å². The second-order valence-corrected chi connectivity index (χ2v) is 8.42. The average molecular weight is 435 g/mol. The molecule has 0 saturated heterocycles. The molecule has 4 aromatic rings. The van der Waals surface area contributed by atoms with Gasteiger partial charge in [-0.05, 0) is 42.8 Å². The number of aromatic nitrogens is 4. The largest absolute Gasteiger partial charge is 0.333 e. The molecule has 1 amide bonds. The number of pyridine rings is 1. The number of carbonyl (C=O) groups is 1. The minimum atomic E-state index is -0.0423. The minimum Gasteiger partial charge on any atom is -0.333 e. The molecule has 1 N–H and O–H groups in total. The topological polar surface area (TPSA) is 69.5 Å². The maximum Gasteiger partial charge on any atom is 0.274 e. The highest BCUT2D eigenvalue weighted by atomic mass is 35.5. The van der Waals surface area contributed by atoms with Crippen molar-refractivity contribution in [3.8, 4) is 0 Å². The number of fused-ring (bicyclic) bond motifs is 2. The fraction of sp³-hybridized carbons (Fsp3) is 0.261. The first kappa shape index (κ1) is 19.8. The minimum absolute atomic E-state index is 0.0423. The number of H-pyrrole nitrogens is 1. The zero-order valence-corrected chi connectivity index (χ0v) is 18.0. The van der Waals surface area contributed by atoms with Crippen LogP contribution < -0.4 is 0 Å². The number of halogens is 1. The standard InChI is InChI=1S/C23H23ClN6O/c1-28(14-19-8-10-25-27-19)15-20-22(26-21-7-6-18(24)13-30(20)21)23(31)29-11-9-16-4-2-3-5-17(16)12-29/h2-8,10,13H,9,11-12,14-15H2,1H3,(H,25,27). The van der Waals surface area contributed by atoms with Gasteiger partial charge in [0.25, 0.3) is 5.91 Å². The van der Waals surface area contributed by atoms with Gasteiger partial charge in [0.2, 0.25) is 0 Å². The van der Waals surface area contributed by atoms with Crippen molar-refractivity contribution in [3.63, 3.8) is 0 Å². The smallest absolute Gasteiger partial charge is 0.274 e. The molecule has 0 saturated carbocycles. The summed E-state index contributed by atoms with van der Waals surface area (Å²) in [6, 6.07) is 13.9. The van der Waals surface area contributed by atoms with Gasteiger partial charge in [0.15, 0.2) is 5.69 Å². The molecule has 0 unspecified atom stereocenters. The molecule has 1 aromatic carbocycles. The Kier molecular flexibility index (Phi) is 5.21. The van der Waals surface area contributed by atoms with E-state index >= 15 is 0 Å². The second kappa shape index (κ2) is 8.17. The van der Waals surface area contributed by atoms with Gasteiger partial charge in [-0.25, -0.2) is 4.98 Å². The summed E-state index contributed by atoms with van der Waals surface area (Å²) in [5.41, 5.74) is 5.56. The van der Waals surface area contributed by atoms with Crippen LogP contribution in [0.25, 0.3) is 5.65 Å². The molecule has 158 valence electrons. The molecule has 0 atom stereocenters. The molecule has 1 aliphatic rings. The Balaban J connectivity index is 1.47. The quantitative estimate of drug-likeness (QED) is 0.521. The van der Waals surface area contributed by atoms with Gasteiger partial charge in [0, 0.05) is 44.3 Å². The number of rotatable bonds is 5. The lowest BCUT2D eigenvalue weighted by Gasteiger charge is -2.28. The summed E-state index contributed by atoms with van der Waals surface area (Å²) in [6.45, 7) is 2.52. The van der Waals surface area contributed by atoms with Crippen molar-refractivity contribution in [2.45, 2.75) is 26.1 Å². The Labute approximate surface area is 185 Å². The maximum absolute atomic E-state index is 13.6.